The van der Waals surface area contributed by atoms with Crippen LogP contribution in [0.15, 0.2) is 11.6 Å². The molecule has 0 aromatic rings. The third kappa shape index (κ3) is 4.53. The second-order valence-corrected chi connectivity index (χ2v) is 3.01. The van der Waals surface area contributed by atoms with E-state index in [9.17, 15) is 5.11 Å². The van der Waals surface area contributed by atoms with E-state index >= 15 is 0 Å². The molecule has 0 rings (SSSR count). The lowest BCUT2D eigenvalue weighted by Crippen LogP contribution is -2.27. The minimum atomic E-state index is -0.812. The molecule has 2 heteroatoms. The summed E-state index contributed by atoms with van der Waals surface area (Å²) in [7, 11) is 1.58. The van der Waals surface area contributed by atoms with Gasteiger partial charge in [-0.15, -0.1) is 0 Å². The van der Waals surface area contributed by atoms with E-state index in [1.165, 1.54) is 0 Å². The summed E-state index contributed by atoms with van der Waals surface area (Å²) >= 11 is 0. The van der Waals surface area contributed by atoms with Gasteiger partial charge in [0.15, 0.2) is 0 Å². The summed E-state index contributed by atoms with van der Waals surface area (Å²) in [5, 5.41) is 9.48. The lowest BCUT2D eigenvalue weighted by Gasteiger charge is -2.17. The summed E-state index contributed by atoms with van der Waals surface area (Å²) in [4.78, 5) is 0. The van der Waals surface area contributed by atoms with Crippen LogP contribution in [0.5, 0.6) is 0 Å². The minimum Gasteiger partial charge on any atom is -0.384 e. The summed E-state index contributed by atoms with van der Waals surface area (Å²) in [6.45, 7) is 5.97. The van der Waals surface area contributed by atoms with Crippen LogP contribution in [0.4, 0.5) is 0 Å². The molecule has 0 bridgehead atoms. The maximum absolute atomic E-state index is 9.48. The number of rotatable bonds is 3. The zero-order valence-electron chi connectivity index (χ0n) is 7.14. The SMILES string of the molecule is COCC(C)(O)C=C(C)C. The predicted octanol–water partition coefficient (Wildman–Crippen LogP) is 1.35. The fourth-order valence-corrected chi connectivity index (χ4v) is 0.956. The molecule has 0 aromatic heterocycles. The molecule has 0 spiro atoms. The van der Waals surface area contributed by atoms with Gasteiger partial charge >= 0.3 is 0 Å². The highest BCUT2D eigenvalue weighted by molar-refractivity contribution is 5.04. The van der Waals surface area contributed by atoms with Gasteiger partial charge in [0.25, 0.3) is 0 Å². The van der Waals surface area contributed by atoms with Crippen LogP contribution in [0.2, 0.25) is 0 Å². The largest absolute Gasteiger partial charge is 0.384 e. The first-order valence-electron chi connectivity index (χ1n) is 3.35. The number of allylic oxidation sites excluding steroid dienone is 1. The van der Waals surface area contributed by atoms with Crippen molar-refractivity contribution in [3.8, 4) is 0 Å². The Morgan fingerprint density at radius 1 is 1.60 bits per heavy atom. The number of hydrogen-bond acceptors (Lipinski definition) is 2. The smallest absolute Gasteiger partial charge is 0.103 e. The third-order valence-corrected chi connectivity index (χ3v) is 1.04. The van der Waals surface area contributed by atoms with Crippen molar-refractivity contribution in [3.05, 3.63) is 11.6 Å². The van der Waals surface area contributed by atoms with Gasteiger partial charge in [-0.1, -0.05) is 11.6 Å². The summed E-state index contributed by atoms with van der Waals surface area (Å²) in [6, 6.07) is 0. The minimum absolute atomic E-state index is 0.345. The highest BCUT2D eigenvalue weighted by Gasteiger charge is 2.15. The molecule has 0 saturated carbocycles. The van der Waals surface area contributed by atoms with Crippen molar-refractivity contribution >= 4 is 0 Å². The number of ether oxygens (including phenoxy) is 1. The molecule has 0 aliphatic heterocycles. The first-order chi connectivity index (χ1) is 4.48. The normalized spacial score (nSPS) is 16.1. The van der Waals surface area contributed by atoms with E-state index in [1.807, 2.05) is 13.8 Å². The molecule has 1 N–H and O–H groups in total. The van der Waals surface area contributed by atoms with Crippen molar-refractivity contribution in [3.63, 3.8) is 0 Å². The Labute approximate surface area is 62.5 Å². The van der Waals surface area contributed by atoms with Crippen LogP contribution < -0.4 is 0 Å². The fourth-order valence-electron chi connectivity index (χ4n) is 0.956. The first-order valence-corrected chi connectivity index (χ1v) is 3.35. The molecule has 0 aliphatic carbocycles. The molecule has 1 unspecified atom stereocenters. The topological polar surface area (TPSA) is 29.5 Å². The monoisotopic (exact) mass is 144 g/mol. The Balaban J connectivity index is 3.98. The molecule has 0 radical (unpaired) electrons. The van der Waals surface area contributed by atoms with Crippen LogP contribution in [-0.2, 0) is 4.74 Å². The molecule has 1 atom stereocenters. The van der Waals surface area contributed by atoms with Gasteiger partial charge in [0, 0.05) is 7.11 Å². The van der Waals surface area contributed by atoms with Gasteiger partial charge < -0.3 is 9.84 Å². The van der Waals surface area contributed by atoms with Crippen LogP contribution in [0, 0.1) is 0 Å². The second kappa shape index (κ2) is 3.74. The predicted molar refractivity (Wildman–Crippen MR) is 41.9 cm³/mol. The number of methoxy groups -OCH3 is 1. The molecule has 0 aromatic carbocycles. The van der Waals surface area contributed by atoms with Gasteiger partial charge in [0.1, 0.15) is 5.60 Å². The van der Waals surface area contributed by atoms with Crippen molar-refractivity contribution in [2.24, 2.45) is 0 Å². The molecule has 60 valence electrons. The molecular formula is C8H16O2. The summed E-state index contributed by atoms with van der Waals surface area (Å²) in [5.41, 5.74) is 0.287. The Morgan fingerprint density at radius 2 is 2.10 bits per heavy atom. The highest BCUT2D eigenvalue weighted by Crippen LogP contribution is 2.08. The Bertz CT molecular complexity index is 121. The Hall–Kier alpha value is -0.340. The van der Waals surface area contributed by atoms with Crippen molar-refractivity contribution < 1.29 is 9.84 Å². The van der Waals surface area contributed by atoms with Gasteiger partial charge in [-0.05, 0) is 20.8 Å². The second-order valence-electron chi connectivity index (χ2n) is 3.01. The molecule has 0 fully saturated rings. The van der Waals surface area contributed by atoms with Crippen LogP contribution in [0.1, 0.15) is 20.8 Å². The maximum atomic E-state index is 9.48. The molecule has 10 heavy (non-hydrogen) atoms. The van der Waals surface area contributed by atoms with Gasteiger partial charge in [0.2, 0.25) is 0 Å². The zero-order chi connectivity index (χ0) is 8.20. The lowest BCUT2D eigenvalue weighted by atomic mass is 10.1. The zero-order valence-corrected chi connectivity index (χ0v) is 7.14. The number of hydrogen-bond donors (Lipinski definition) is 1. The van der Waals surface area contributed by atoms with E-state index in [0.29, 0.717) is 6.61 Å². The third-order valence-electron chi connectivity index (χ3n) is 1.04. The average molecular weight is 144 g/mol. The Morgan fingerprint density at radius 3 is 2.40 bits per heavy atom. The average Bonchev–Trinajstić information content (AvgIpc) is 1.59. The van der Waals surface area contributed by atoms with Crippen LogP contribution in [0.3, 0.4) is 0 Å². The quantitative estimate of drug-likeness (QED) is 0.606. The van der Waals surface area contributed by atoms with Gasteiger partial charge in [0.05, 0.1) is 6.61 Å². The van der Waals surface area contributed by atoms with Crippen LogP contribution >= 0.6 is 0 Å². The fraction of sp³-hybridized carbons (Fsp3) is 0.750. The number of aliphatic hydroxyl groups is 1. The van der Waals surface area contributed by atoms with Gasteiger partial charge in [-0.2, -0.15) is 0 Å². The van der Waals surface area contributed by atoms with Crippen molar-refractivity contribution in [1.29, 1.82) is 0 Å². The lowest BCUT2D eigenvalue weighted by molar-refractivity contribution is 0.0197. The standard InChI is InChI=1S/C8H16O2/c1-7(2)5-8(3,9)6-10-4/h5,9H,6H2,1-4H3. The Kier molecular flexibility index (Phi) is 3.61. The van der Waals surface area contributed by atoms with Gasteiger partial charge in [-0.3, -0.25) is 0 Å². The van der Waals surface area contributed by atoms with E-state index in [0.717, 1.165) is 5.57 Å². The van der Waals surface area contributed by atoms with E-state index in [4.69, 9.17) is 4.74 Å². The van der Waals surface area contributed by atoms with E-state index in [-0.39, 0.29) is 0 Å². The summed E-state index contributed by atoms with van der Waals surface area (Å²) in [6.07, 6.45) is 1.79. The van der Waals surface area contributed by atoms with Crippen LogP contribution in [-0.4, -0.2) is 24.4 Å². The van der Waals surface area contributed by atoms with E-state index in [1.54, 1.807) is 20.1 Å². The highest BCUT2D eigenvalue weighted by atomic mass is 16.5. The molecule has 0 saturated heterocycles. The van der Waals surface area contributed by atoms with E-state index in [2.05, 4.69) is 0 Å². The van der Waals surface area contributed by atoms with Crippen molar-refractivity contribution in [2.75, 3.05) is 13.7 Å². The van der Waals surface area contributed by atoms with E-state index < -0.39 is 5.60 Å². The maximum Gasteiger partial charge on any atom is 0.103 e. The summed E-state index contributed by atoms with van der Waals surface area (Å²) < 4.78 is 4.81. The molecular weight excluding hydrogens is 128 g/mol. The molecule has 0 heterocycles. The van der Waals surface area contributed by atoms with Crippen LogP contribution in [0.25, 0.3) is 0 Å². The summed E-state index contributed by atoms with van der Waals surface area (Å²) in [5.74, 6) is 0. The molecule has 2 nitrogen and oxygen atoms in total. The van der Waals surface area contributed by atoms with Crippen molar-refractivity contribution in [2.45, 2.75) is 26.4 Å². The molecule has 0 amide bonds. The van der Waals surface area contributed by atoms with Crippen molar-refractivity contribution in [1.82, 2.24) is 0 Å². The van der Waals surface area contributed by atoms with Gasteiger partial charge in [-0.25, -0.2) is 0 Å². The molecule has 0 aliphatic rings. The first kappa shape index (κ1) is 9.66.